The lowest BCUT2D eigenvalue weighted by Gasteiger charge is -2.08. The molecule has 0 aromatic carbocycles. The number of unbranched alkanes of at least 4 members (excludes halogenated alkanes) is 2. The molecular weight excluding hydrogens is 528 g/mol. The molecule has 0 rings (SSSR count). The molecule has 12 nitrogen and oxygen atoms in total. The summed E-state index contributed by atoms with van der Waals surface area (Å²) >= 11 is 0. The molecule has 0 spiro atoms. The van der Waals surface area contributed by atoms with Crippen LogP contribution in [0.2, 0.25) is 0 Å². The summed E-state index contributed by atoms with van der Waals surface area (Å²) in [6.45, 7) is 15.8. The highest BCUT2D eigenvalue weighted by atomic mass is 16.6. The van der Waals surface area contributed by atoms with Crippen molar-refractivity contribution in [2.75, 3.05) is 145 Å². The molecule has 0 unspecified atom stereocenters. The van der Waals surface area contributed by atoms with Crippen molar-refractivity contribution in [1.82, 2.24) is 0 Å². The van der Waals surface area contributed by atoms with Gasteiger partial charge in [-0.05, 0) is 12.8 Å². The summed E-state index contributed by atoms with van der Waals surface area (Å²) in [5, 5.41) is 16.8. The third kappa shape index (κ3) is 44.5. The van der Waals surface area contributed by atoms with Gasteiger partial charge in [-0.15, -0.1) is 0 Å². The zero-order valence-corrected chi connectivity index (χ0v) is 25.4. The highest BCUT2D eigenvalue weighted by Crippen LogP contribution is 1.89. The smallest absolute Gasteiger partial charge is 0.0701 e. The van der Waals surface area contributed by atoms with Gasteiger partial charge in [0, 0.05) is 13.2 Å². The van der Waals surface area contributed by atoms with Crippen LogP contribution in [0, 0.1) is 0 Å². The highest BCUT2D eigenvalue weighted by Gasteiger charge is 1.95. The quantitative estimate of drug-likeness (QED) is 0.106. The maximum absolute atomic E-state index is 8.41. The molecule has 0 bridgehead atoms. The monoisotopic (exact) mass is 588 g/mol. The van der Waals surface area contributed by atoms with E-state index in [-0.39, 0.29) is 13.2 Å². The fourth-order valence-electron chi connectivity index (χ4n) is 2.59. The molecule has 0 saturated heterocycles. The first-order valence-corrected chi connectivity index (χ1v) is 14.8. The molecule has 0 heterocycles. The average molecular weight is 589 g/mol. The molecular formula is C28H60O12. The van der Waals surface area contributed by atoms with Gasteiger partial charge in [0.25, 0.3) is 0 Å². The van der Waals surface area contributed by atoms with Gasteiger partial charge < -0.3 is 57.6 Å². The van der Waals surface area contributed by atoms with Gasteiger partial charge in [0.1, 0.15) is 0 Å². The average Bonchev–Trinajstić information content (AvgIpc) is 2.97. The van der Waals surface area contributed by atoms with E-state index < -0.39 is 0 Å². The van der Waals surface area contributed by atoms with Crippen LogP contribution in [0.3, 0.4) is 0 Å². The highest BCUT2D eigenvalue weighted by molar-refractivity contribution is 4.38. The van der Waals surface area contributed by atoms with Crippen LogP contribution in [0.1, 0.15) is 39.5 Å². The Bertz CT molecular complexity index is 371. The Labute approximate surface area is 242 Å². The molecule has 0 aromatic heterocycles. The van der Waals surface area contributed by atoms with Gasteiger partial charge >= 0.3 is 0 Å². The van der Waals surface area contributed by atoms with Gasteiger partial charge in [0.05, 0.1) is 132 Å². The van der Waals surface area contributed by atoms with Crippen LogP contribution < -0.4 is 0 Å². The zero-order valence-electron chi connectivity index (χ0n) is 25.4. The molecule has 0 atom stereocenters. The summed E-state index contributed by atoms with van der Waals surface area (Å²) < 4.78 is 52.8. The van der Waals surface area contributed by atoms with Crippen molar-refractivity contribution in [3.63, 3.8) is 0 Å². The third-order valence-corrected chi connectivity index (χ3v) is 4.73. The lowest BCUT2D eigenvalue weighted by Crippen LogP contribution is -2.14. The Morgan fingerprint density at radius 3 is 0.625 bits per heavy atom. The zero-order chi connectivity index (χ0) is 29.5. The van der Waals surface area contributed by atoms with Crippen molar-refractivity contribution in [3.05, 3.63) is 0 Å². The SMILES string of the molecule is CCCCOCCOCCOCCOCCOCCOCCCC.OCCOCCOCCOCCOCCO. The predicted octanol–water partition coefficient (Wildman–Crippen LogP) is 1.72. The van der Waals surface area contributed by atoms with E-state index >= 15 is 0 Å². The Morgan fingerprint density at radius 2 is 0.450 bits per heavy atom. The molecule has 12 heteroatoms. The summed E-state index contributed by atoms with van der Waals surface area (Å²) in [6, 6.07) is 0. The molecule has 0 aliphatic carbocycles. The maximum atomic E-state index is 8.41. The van der Waals surface area contributed by atoms with Gasteiger partial charge in [0.15, 0.2) is 0 Å². The summed E-state index contributed by atoms with van der Waals surface area (Å²) in [6.07, 6.45) is 4.55. The fourth-order valence-corrected chi connectivity index (χ4v) is 2.59. The summed E-state index contributed by atoms with van der Waals surface area (Å²) in [4.78, 5) is 0. The van der Waals surface area contributed by atoms with Crippen molar-refractivity contribution >= 4 is 0 Å². The van der Waals surface area contributed by atoms with Crippen molar-refractivity contribution in [2.45, 2.75) is 39.5 Å². The minimum Gasteiger partial charge on any atom is -0.394 e. The van der Waals surface area contributed by atoms with Gasteiger partial charge in [0.2, 0.25) is 0 Å². The Morgan fingerprint density at radius 1 is 0.275 bits per heavy atom. The third-order valence-electron chi connectivity index (χ3n) is 4.73. The Balaban J connectivity index is 0. The van der Waals surface area contributed by atoms with E-state index in [1.54, 1.807) is 0 Å². The number of aliphatic hydroxyl groups is 2. The summed E-state index contributed by atoms with van der Waals surface area (Å²) in [7, 11) is 0. The minimum atomic E-state index is 0.0386. The largest absolute Gasteiger partial charge is 0.394 e. The van der Waals surface area contributed by atoms with Crippen LogP contribution in [0.25, 0.3) is 0 Å². The van der Waals surface area contributed by atoms with Gasteiger partial charge in [-0.2, -0.15) is 0 Å². The lowest BCUT2D eigenvalue weighted by molar-refractivity contribution is -0.0169. The molecule has 0 aliphatic rings. The van der Waals surface area contributed by atoms with Gasteiger partial charge in [-0.1, -0.05) is 26.7 Å². The molecule has 0 aliphatic heterocycles. The summed E-state index contributed by atoms with van der Waals surface area (Å²) in [5.74, 6) is 0. The van der Waals surface area contributed by atoms with Crippen LogP contribution in [0.5, 0.6) is 0 Å². The fraction of sp³-hybridized carbons (Fsp3) is 1.00. The number of hydrogen-bond donors (Lipinski definition) is 2. The van der Waals surface area contributed by atoms with Crippen molar-refractivity contribution < 1.29 is 57.6 Å². The number of aliphatic hydroxyl groups excluding tert-OH is 2. The summed E-state index contributed by atoms with van der Waals surface area (Å²) in [5.41, 5.74) is 0. The molecule has 0 radical (unpaired) electrons. The number of ether oxygens (including phenoxy) is 10. The second kappa shape index (κ2) is 43.0. The first kappa shape index (κ1) is 41.7. The van der Waals surface area contributed by atoms with Gasteiger partial charge in [-0.3, -0.25) is 0 Å². The second-order valence-corrected chi connectivity index (χ2v) is 8.28. The van der Waals surface area contributed by atoms with Gasteiger partial charge in [-0.25, -0.2) is 0 Å². The van der Waals surface area contributed by atoms with E-state index in [2.05, 4.69) is 13.8 Å². The van der Waals surface area contributed by atoms with E-state index in [0.29, 0.717) is 119 Å². The van der Waals surface area contributed by atoms with Crippen LogP contribution in [-0.4, -0.2) is 156 Å². The molecule has 0 fully saturated rings. The van der Waals surface area contributed by atoms with E-state index in [0.717, 1.165) is 38.9 Å². The van der Waals surface area contributed by atoms with Crippen molar-refractivity contribution in [2.24, 2.45) is 0 Å². The molecule has 2 N–H and O–H groups in total. The van der Waals surface area contributed by atoms with Crippen LogP contribution in [0.15, 0.2) is 0 Å². The molecule has 0 saturated carbocycles. The molecule has 40 heavy (non-hydrogen) atoms. The normalized spacial score (nSPS) is 11.1. The first-order valence-electron chi connectivity index (χ1n) is 14.8. The Kier molecular flexibility index (Phi) is 44.8. The Hall–Kier alpha value is -0.480. The topological polar surface area (TPSA) is 133 Å². The van der Waals surface area contributed by atoms with E-state index in [4.69, 9.17) is 57.6 Å². The number of hydrogen-bond acceptors (Lipinski definition) is 12. The van der Waals surface area contributed by atoms with Crippen molar-refractivity contribution in [3.8, 4) is 0 Å². The molecule has 0 amide bonds. The lowest BCUT2D eigenvalue weighted by atomic mass is 10.4. The first-order chi connectivity index (χ1) is 19.8. The van der Waals surface area contributed by atoms with E-state index in [1.807, 2.05) is 0 Å². The maximum Gasteiger partial charge on any atom is 0.0701 e. The molecule has 244 valence electrons. The minimum absolute atomic E-state index is 0.0386. The second-order valence-electron chi connectivity index (χ2n) is 8.28. The van der Waals surface area contributed by atoms with Crippen molar-refractivity contribution in [1.29, 1.82) is 0 Å². The van der Waals surface area contributed by atoms with Crippen LogP contribution >= 0.6 is 0 Å². The van der Waals surface area contributed by atoms with E-state index in [1.165, 1.54) is 0 Å². The number of rotatable bonds is 34. The van der Waals surface area contributed by atoms with Crippen LogP contribution in [0.4, 0.5) is 0 Å². The van der Waals surface area contributed by atoms with E-state index in [9.17, 15) is 0 Å². The molecule has 0 aromatic rings. The predicted molar refractivity (Wildman–Crippen MR) is 152 cm³/mol. The van der Waals surface area contributed by atoms with Crippen LogP contribution in [-0.2, 0) is 47.4 Å². The standard InChI is InChI=1S/C18H38O6.C10H22O6/c1-3-5-7-19-9-11-21-13-15-23-17-18-24-16-14-22-12-10-20-8-6-4-2;11-1-3-13-5-7-15-9-10-16-8-6-14-4-2-12/h3-18H2,1-2H3;11-12H,1-10H2.